The highest BCUT2D eigenvalue weighted by Gasteiger charge is 2.11. The van der Waals surface area contributed by atoms with Crippen LogP contribution in [0.5, 0.6) is 0 Å². The first-order valence-electron chi connectivity index (χ1n) is 7.48. The number of benzene rings is 2. The first-order valence-corrected chi connectivity index (χ1v) is 7.86. The molecule has 0 atom stereocenters. The Balaban J connectivity index is 1.68. The summed E-state index contributed by atoms with van der Waals surface area (Å²) in [5.41, 5.74) is 3.58. The number of aromatic nitrogens is 2. The lowest BCUT2D eigenvalue weighted by Crippen LogP contribution is -2.30. The number of halogens is 1. The van der Waals surface area contributed by atoms with Gasteiger partial charge in [-0.15, -0.1) is 0 Å². The molecule has 0 spiro atoms. The molecule has 2 amide bonds. The van der Waals surface area contributed by atoms with Gasteiger partial charge in [0.25, 0.3) is 0 Å². The van der Waals surface area contributed by atoms with E-state index < -0.39 is 0 Å². The molecule has 0 aliphatic carbocycles. The van der Waals surface area contributed by atoms with E-state index in [0.29, 0.717) is 11.6 Å². The largest absolute Gasteiger partial charge is 0.323 e. The van der Waals surface area contributed by atoms with Crippen LogP contribution in [0, 0.1) is 0 Å². The minimum atomic E-state index is -0.195. The molecule has 0 radical (unpaired) electrons. The highest BCUT2D eigenvalue weighted by molar-refractivity contribution is 6.31. The van der Waals surface area contributed by atoms with E-state index in [-0.39, 0.29) is 6.03 Å². The lowest BCUT2D eigenvalue weighted by atomic mass is 10.1. The van der Waals surface area contributed by atoms with Crippen LogP contribution in [0.15, 0.2) is 60.9 Å². The van der Waals surface area contributed by atoms with E-state index in [1.165, 1.54) is 0 Å². The number of hydrogen-bond acceptors (Lipinski definition) is 2. The van der Waals surface area contributed by atoms with Gasteiger partial charge >= 0.3 is 6.03 Å². The van der Waals surface area contributed by atoms with Crippen molar-refractivity contribution >= 4 is 23.3 Å². The maximum absolute atomic E-state index is 12.4. The summed E-state index contributed by atoms with van der Waals surface area (Å²) in [6.07, 6.45) is 3.55. The fourth-order valence-corrected chi connectivity index (χ4v) is 2.55. The van der Waals surface area contributed by atoms with Gasteiger partial charge in [0.2, 0.25) is 0 Å². The van der Waals surface area contributed by atoms with Crippen LogP contribution in [0.25, 0.3) is 11.1 Å². The van der Waals surface area contributed by atoms with E-state index in [9.17, 15) is 4.79 Å². The Morgan fingerprint density at radius 3 is 2.79 bits per heavy atom. The van der Waals surface area contributed by atoms with Crippen LogP contribution in [0.4, 0.5) is 10.5 Å². The number of carbonyl (C=O) groups is 1. The molecule has 0 saturated carbocycles. The van der Waals surface area contributed by atoms with Gasteiger partial charge in [0.1, 0.15) is 0 Å². The first-order chi connectivity index (χ1) is 11.6. The molecule has 0 saturated heterocycles. The smallest absolute Gasteiger partial charge is 0.321 e. The zero-order valence-corrected chi connectivity index (χ0v) is 13.9. The quantitative estimate of drug-likeness (QED) is 0.739. The molecule has 2 N–H and O–H groups in total. The van der Waals surface area contributed by atoms with Crippen LogP contribution in [0.2, 0.25) is 5.02 Å². The summed E-state index contributed by atoms with van der Waals surface area (Å²) >= 11 is 6.14. The highest BCUT2D eigenvalue weighted by Crippen LogP contribution is 2.22. The Labute approximate surface area is 145 Å². The molecule has 0 unspecified atom stereocenters. The molecule has 5 nitrogen and oxygen atoms in total. The molecule has 2 aromatic carbocycles. The normalized spacial score (nSPS) is 10.4. The van der Waals surface area contributed by atoms with Crippen molar-refractivity contribution in [1.82, 2.24) is 15.1 Å². The van der Waals surface area contributed by atoms with Crippen molar-refractivity contribution in [2.24, 2.45) is 0 Å². The first kappa shape index (κ1) is 16.1. The van der Waals surface area contributed by atoms with Gasteiger partial charge in [-0.25, -0.2) is 4.79 Å². The second-order valence-corrected chi connectivity index (χ2v) is 5.85. The fraction of sp³-hybridized carbons (Fsp3) is 0.111. The molecule has 3 aromatic rings. The molecule has 1 aromatic heterocycles. The van der Waals surface area contributed by atoms with Crippen molar-refractivity contribution < 1.29 is 4.79 Å². The Kier molecular flexibility index (Phi) is 4.82. The Hall–Kier alpha value is -2.79. The summed E-state index contributed by atoms with van der Waals surface area (Å²) in [7, 11) is 1.73. The molecule has 0 fully saturated rings. The van der Waals surface area contributed by atoms with E-state index in [2.05, 4.69) is 15.5 Å². The van der Waals surface area contributed by atoms with E-state index in [4.69, 9.17) is 11.6 Å². The standard InChI is InChI=1S/C18H17ClN4O/c1-23(12-14-5-2-3-8-17(14)19)18(24)22-16-7-4-6-13(9-16)15-10-20-21-11-15/h2-11H,12H2,1H3,(H,20,21)(H,22,24). The van der Waals surface area contributed by atoms with Gasteiger partial charge in [0.15, 0.2) is 0 Å². The monoisotopic (exact) mass is 340 g/mol. The van der Waals surface area contributed by atoms with Gasteiger partial charge < -0.3 is 10.2 Å². The van der Waals surface area contributed by atoms with Gasteiger partial charge in [-0.3, -0.25) is 5.10 Å². The number of H-pyrrole nitrogens is 1. The molecule has 1 heterocycles. The van der Waals surface area contributed by atoms with Crippen molar-refractivity contribution in [3.05, 3.63) is 71.5 Å². The molecule has 122 valence electrons. The van der Waals surface area contributed by atoms with Crippen LogP contribution in [-0.2, 0) is 6.54 Å². The van der Waals surface area contributed by atoms with Crippen LogP contribution in [0.3, 0.4) is 0 Å². The summed E-state index contributed by atoms with van der Waals surface area (Å²) in [6, 6.07) is 14.9. The Morgan fingerprint density at radius 1 is 1.21 bits per heavy atom. The topological polar surface area (TPSA) is 61.0 Å². The maximum Gasteiger partial charge on any atom is 0.321 e. The van der Waals surface area contributed by atoms with Crippen LogP contribution >= 0.6 is 11.6 Å². The van der Waals surface area contributed by atoms with Gasteiger partial charge in [-0.05, 0) is 29.3 Å². The molecular formula is C18H17ClN4O. The number of carbonyl (C=O) groups excluding carboxylic acids is 1. The van der Waals surface area contributed by atoms with E-state index in [0.717, 1.165) is 22.4 Å². The molecule has 0 aliphatic rings. The number of urea groups is 1. The van der Waals surface area contributed by atoms with Crippen LogP contribution < -0.4 is 5.32 Å². The zero-order valence-electron chi connectivity index (χ0n) is 13.2. The Morgan fingerprint density at radius 2 is 2.04 bits per heavy atom. The second-order valence-electron chi connectivity index (χ2n) is 5.45. The van der Waals surface area contributed by atoms with Crippen molar-refractivity contribution in [3.8, 4) is 11.1 Å². The molecular weight excluding hydrogens is 324 g/mol. The number of anilines is 1. The average molecular weight is 341 g/mol. The van der Waals surface area contributed by atoms with Gasteiger partial charge in [0, 0.05) is 36.1 Å². The predicted molar refractivity (Wildman–Crippen MR) is 96.0 cm³/mol. The zero-order chi connectivity index (χ0) is 16.9. The number of rotatable bonds is 4. The molecule has 6 heteroatoms. The summed E-state index contributed by atoms with van der Waals surface area (Å²) in [5.74, 6) is 0. The van der Waals surface area contributed by atoms with Crippen LogP contribution in [-0.4, -0.2) is 28.2 Å². The Bertz CT molecular complexity index is 833. The number of aromatic amines is 1. The number of amides is 2. The average Bonchev–Trinajstić information content (AvgIpc) is 3.12. The second kappa shape index (κ2) is 7.19. The highest BCUT2D eigenvalue weighted by atomic mass is 35.5. The number of nitrogens with one attached hydrogen (secondary N) is 2. The predicted octanol–water partition coefficient (Wildman–Crippen LogP) is 4.39. The lowest BCUT2D eigenvalue weighted by molar-refractivity contribution is 0.220. The third kappa shape index (κ3) is 3.75. The molecule has 0 bridgehead atoms. The maximum atomic E-state index is 12.4. The van der Waals surface area contributed by atoms with E-state index in [1.54, 1.807) is 18.1 Å². The van der Waals surface area contributed by atoms with Crippen molar-refractivity contribution in [2.75, 3.05) is 12.4 Å². The van der Waals surface area contributed by atoms with Crippen LogP contribution in [0.1, 0.15) is 5.56 Å². The van der Waals surface area contributed by atoms with Crippen molar-refractivity contribution in [3.63, 3.8) is 0 Å². The minimum Gasteiger partial charge on any atom is -0.323 e. The summed E-state index contributed by atoms with van der Waals surface area (Å²) in [5, 5.41) is 10.3. The van der Waals surface area contributed by atoms with Crippen molar-refractivity contribution in [1.29, 1.82) is 0 Å². The fourth-order valence-electron chi connectivity index (χ4n) is 2.36. The third-order valence-corrected chi connectivity index (χ3v) is 4.03. The SMILES string of the molecule is CN(Cc1ccccc1Cl)C(=O)Nc1cccc(-c2cn[nH]c2)c1. The molecule has 0 aliphatic heterocycles. The summed E-state index contributed by atoms with van der Waals surface area (Å²) < 4.78 is 0. The van der Waals surface area contributed by atoms with Gasteiger partial charge in [-0.2, -0.15) is 5.10 Å². The van der Waals surface area contributed by atoms with E-state index in [1.807, 2.05) is 54.7 Å². The van der Waals surface area contributed by atoms with Gasteiger partial charge in [0.05, 0.1) is 6.20 Å². The molecule has 3 rings (SSSR count). The minimum absolute atomic E-state index is 0.195. The number of hydrogen-bond donors (Lipinski definition) is 2. The molecule has 24 heavy (non-hydrogen) atoms. The third-order valence-electron chi connectivity index (χ3n) is 3.66. The lowest BCUT2D eigenvalue weighted by Gasteiger charge is -2.19. The summed E-state index contributed by atoms with van der Waals surface area (Å²) in [4.78, 5) is 14.0. The number of nitrogens with zero attached hydrogens (tertiary/aromatic N) is 2. The van der Waals surface area contributed by atoms with Crippen molar-refractivity contribution in [2.45, 2.75) is 6.54 Å². The van der Waals surface area contributed by atoms with E-state index >= 15 is 0 Å². The summed E-state index contributed by atoms with van der Waals surface area (Å²) in [6.45, 7) is 0.437. The van der Waals surface area contributed by atoms with Gasteiger partial charge in [-0.1, -0.05) is 41.9 Å².